The van der Waals surface area contributed by atoms with Crippen LogP contribution in [0.5, 0.6) is 11.5 Å². The molecule has 1 saturated carbocycles. The molecule has 1 unspecified atom stereocenters. The fourth-order valence-electron chi connectivity index (χ4n) is 5.78. The van der Waals surface area contributed by atoms with Crippen LogP contribution in [0.25, 0.3) is 0 Å². The molecule has 1 aliphatic carbocycles. The van der Waals surface area contributed by atoms with Gasteiger partial charge in [-0.05, 0) is 95.2 Å². The van der Waals surface area contributed by atoms with Crippen molar-refractivity contribution >= 4 is 27.5 Å². The molecule has 2 aromatic rings. The second-order valence-corrected chi connectivity index (χ2v) is 14.0. The lowest BCUT2D eigenvalue weighted by atomic mass is 9.69. The summed E-state index contributed by atoms with van der Waals surface area (Å²) in [6, 6.07) is 8.03. The number of morpholine rings is 1. The quantitative estimate of drug-likeness (QED) is 0.409. The summed E-state index contributed by atoms with van der Waals surface area (Å²) in [7, 11) is -3.56. The summed E-state index contributed by atoms with van der Waals surface area (Å²) >= 11 is 0. The molecule has 1 saturated heterocycles. The average molecular weight is 648 g/mol. The van der Waals surface area contributed by atoms with Gasteiger partial charge in [0.2, 0.25) is 0 Å². The molecular formula is C33H45N3O8S. The predicted octanol–water partition coefficient (Wildman–Crippen LogP) is 3.89. The zero-order chi connectivity index (χ0) is 36.0. The minimum absolute atomic E-state index is 0.00723. The molecule has 0 bridgehead atoms. The molecule has 2 atom stereocenters. The first-order valence-electron chi connectivity index (χ1n) is 17.2. The summed E-state index contributed by atoms with van der Waals surface area (Å²) in [4.78, 5) is 29.3. The third kappa shape index (κ3) is 6.84. The van der Waals surface area contributed by atoms with Gasteiger partial charge in [-0.2, -0.15) is 0 Å². The summed E-state index contributed by atoms with van der Waals surface area (Å²) in [5, 5.41) is 2.81. The summed E-state index contributed by atoms with van der Waals surface area (Å²) in [5.41, 5.74) is -2.78. The van der Waals surface area contributed by atoms with E-state index >= 15 is 0 Å². The van der Waals surface area contributed by atoms with Gasteiger partial charge < -0.3 is 24.3 Å². The van der Waals surface area contributed by atoms with Crippen LogP contribution in [0.1, 0.15) is 74.7 Å². The smallest absolute Gasteiger partial charge is 0.274 e. The standard InChI is InChI=1S/C33H45N3O8S/c1-6-43-25-8-9-27-26(22-25)33(13-11-24(12-14-33)44-20-17-35-15-18-42-19-16-35)31(38)36(27)45(39,40)29-10-7-23(21-28(29)41-5)30(37)34-32(2,3)4/h7-10,21-22,24H,6,11-20H2,1-5H3,(H,34,37)/t24-,33?/i11D2,13D2/m0/s1. The van der Waals surface area contributed by atoms with Crippen molar-refractivity contribution in [2.75, 3.05) is 57.5 Å². The summed E-state index contributed by atoms with van der Waals surface area (Å²) < 4.78 is 88.7. The average Bonchev–Trinajstić information content (AvgIpc) is 3.29. The lowest BCUT2D eigenvalue weighted by molar-refractivity contribution is -0.124. The fourth-order valence-corrected chi connectivity index (χ4v) is 7.41. The van der Waals surface area contributed by atoms with Crippen LogP contribution < -0.4 is 19.1 Å². The number of nitrogens with one attached hydrogen (secondary N) is 1. The Morgan fingerprint density at radius 2 is 1.93 bits per heavy atom. The molecule has 0 radical (unpaired) electrons. The molecule has 3 aliphatic rings. The van der Waals surface area contributed by atoms with E-state index in [0.29, 0.717) is 37.2 Å². The van der Waals surface area contributed by atoms with Gasteiger partial charge in [-0.1, -0.05) is 0 Å². The van der Waals surface area contributed by atoms with Crippen molar-refractivity contribution in [1.29, 1.82) is 0 Å². The zero-order valence-corrected chi connectivity index (χ0v) is 27.3. The fraction of sp³-hybridized carbons (Fsp3) is 0.576. The van der Waals surface area contributed by atoms with Crippen LogP contribution in [0, 0.1) is 0 Å². The number of anilines is 1. The van der Waals surface area contributed by atoms with Crippen LogP contribution >= 0.6 is 0 Å². The van der Waals surface area contributed by atoms with Crippen molar-refractivity contribution in [1.82, 2.24) is 10.2 Å². The second-order valence-electron chi connectivity index (χ2n) is 12.3. The van der Waals surface area contributed by atoms with Gasteiger partial charge in [-0.25, -0.2) is 12.7 Å². The normalized spacial score (nSPS) is 25.9. The van der Waals surface area contributed by atoms with Gasteiger partial charge in [0.05, 0.1) is 50.7 Å². The summed E-state index contributed by atoms with van der Waals surface area (Å²) in [5.74, 6) is -1.51. The number of carbonyl (C=O) groups is 2. The van der Waals surface area contributed by atoms with Crippen LogP contribution in [-0.2, 0) is 29.7 Å². The van der Waals surface area contributed by atoms with Crippen LogP contribution in [0.15, 0.2) is 41.3 Å². The van der Waals surface area contributed by atoms with E-state index in [1.54, 1.807) is 27.7 Å². The number of fused-ring (bicyclic) bond motifs is 2. The minimum Gasteiger partial charge on any atom is -0.495 e. The first-order valence-corrected chi connectivity index (χ1v) is 16.7. The number of hydrogen-bond acceptors (Lipinski definition) is 9. The molecular weight excluding hydrogens is 598 g/mol. The highest BCUT2D eigenvalue weighted by atomic mass is 32.2. The van der Waals surface area contributed by atoms with E-state index < -0.39 is 56.5 Å². The first kappa shape index (κ1) is 28.1. The Morgan fingerprint density at radius 3 is 2.62 bits per heavy atom. The van der Waals surface area contributed by atoms with E-state index in [4.69, 9.17) is 21.7 Å². The molecule has 246 valence electrons. The number of nitrogens with zero attached hydrogens (tertiary/aromatic N) is 2. The number of amides is 2. The minimum atomic E-state index is -4.80. The molecule has 1 N–H and O–H groups in total. The highest BCUT2D eigenvalue weighted by molar-refractivity contribution is 7.93. The van der Waals surface area contributed by atoms with Gasteiger partial charge in [-0.3, -0.25) is 14.5 Å². The number of rotatable bonds is 10. The molecule has 5 rings (SSSR count). The van der Waals surface area contributed by atoms with Crippen LogP contribution in [-0.4, -0.2) is 89.9 Å². The largest absolute Gasteiger partial charge is 0.495 e. The molecule has 2 fully saturated rings. The van der Waals surface area contributed by atoms with Crippen molar-refractivity contribution in [3.8, 4) is 11.5 Å². The van der Waals surface area contributed by atoms with E-state index in [-0.39, 0.29) is 54.4 Å². The van der Waals surface area contributed by atoms with Gasteiger partial charge in [-0.15, -0.1) is 0 Å². The lowest BCUT2D eigenvalue weighted by Gasteiger charge is -2.36. The molecule has 1 spiro atoms. The number of methoxy groups -OCH3 is 1. The number of sulfonamides is 1. The zero-order valence-electron chi connectivity index (χ0n) is 30.5. The van der Waals surface area contributed by atoms with Crippen molar-refractivity contribution in [2.24, 2.45) is 0 Å². The Hall–Kier alpha value is -3.19. The molecule has 45 heavy (non-hydrogen) atoms. The molecule has 2 aliphatic heterocycles. The Balaban J connectivity index is 1.55. The molecule has 12 heteroatoms. The molecule has 2 heterocycles. The lowest BCUT2D eigenvalue weighted by Crippen LogP contribution is -2.46. The van der Waals surface area contributed by atoms with E-state index in [2.05, 4.69) is 10.2 Å². The summed E-state index contributed by atoms with van der Waals surface area (Å²) in [6.07, 6.45) is -7.10. The molecule has 2 amide bonds. The molecule has 2 aromatic carbocycles. The maximum absolute atomic E-state index is 14.7. The van der Waals surface area contributed by atoms with E-state index in [9.17, 15) is 20.7 Å². The highest BCUT2D eigenvalue weighted by Crippen LogP contribution is 2.53. The van der Waals surface area contributed by atoms with Crippen molar-refractivity contribution < 1.29 is 42.4 Å². The van der Waals surface area contributed by atoms with Gasteiger partial charge in [0.15, 0.2) is 0 Å². The summed E-state index contributed by atoms with van der Waals surface area (Å²) in [6.45, 7) is 10.7. The monoisotopic (exact) mass is 647 g/mol. The Bertz CT molecular complexity index is 1690. The maximum atomic E-state index is 14.7. The van der Waals surface area contributed by atoms with Crippen molar-refractivity contribution in [3.63, 3.8) is 0 Å². The topological polar surface area (TPSA) is 124 Å². The third-order valence-electron chi connectivity index (χ3n) is 8.00. The second kappa shape index (κ2) is 13.3. The van der Waals surface area contributed by atoms with Crippen LogP contribution in [0.4, 0.5) is 5.69 Å². The van der Waals surface area contributed by atoms with Gasteiger partial charge in [0, 0.05) is 36.2 Å². The molecule has 0 aromatic heterocycles. The number of benzene rings is 2. The SMILES string of the molecule is [2H]C1([2H])[C@H](OCCN2CCOCC2)CCC2(C(=O)N(S(=O)(=O)c3ccc(C(=O)NC(C)(C)C)cc3OC)c3ccc(OCC)cc32)C1([2H])[2H]. The third-order valence-corrected chi connectivity index (χ3v) is 9.73. The van der Waals surface area contributed by atoms with E-state index in [1.807, 2.05) is 0 Å². The van der Waals surface area contributed by atoms with Crippen LogP contribution in [0.2, 0.25) is 0 Å². The van der Waals surface area contributed by atoms with Gasteiger partial charge >= 0.3 is 0 Å². The van der Waals surface area contributed by atoms with E-state index in [1.165, 1.54) is 43.5 Å². The molecule has 11 nitrogen and oxygen atoms in total. The highest BCUT2D eigenvalue weighted by Gasteiger charge is 2.56. The predicted molar refractivity (Wildman–Crippen MR) is 170 cm³/mol. The van der Waals surface area contributed by atoms with Crippen molar-refractivity contribution in [2.45, 2.75) is 75.2 Å². The number of ether oxygens (including phenoxy) is 4. The van der Waals surface area contributed by atoms with Gasteiger partial charge in [0.1, 0.15) is 16.4 Å². The Morgan fingerprint density at radius 1 is 1.18 bits per heavy atom. The number of hydrogen-bond donors (Lipinski definition) is 1. The van der Waals surface area contributed by atoms with Crippen LogP contribution in [0.3, 0.4) is 0 Å². The Kier molecular flexibility index (Phi) is 8.28. The van der Waals surface area contributed by atoms with Gasteiger partial charge in [0.25, 0.3) is 21.8 Å². The maximum Gasteiger partial charge on any atom is 0.274 e. The first-order chi connectivity index (χ1) is 22.9. The number of carbonyl (C=O) groups excluding carboxylic acids is 2. The van der Waals surface area contributed by atoms with E-state index in [0.717, 1.165) is 0 Å². The Labute approximate surface area is 271 Å². The van der Waals surface area contributed by atoms with Crippen molar-refractivity contribution in [3.05, 3.63) is 47.5 Å².